The van der Waals surface area contributed by atoms with Gasteiger partial charge in [-0.05, 0) is 67.3 Å². The average Bonchev–Trinajstić information content (AvgIpc) is 2.91. The summed E-state index contributed by atoms with van der Waals surface area (Å²) < 4.78 is 37.9. The minimum atomic E-state index is -4.03. The summed E-state index contributed by atoms with van der Waals surface area (Å²) in [4.78, 5) is 25.0. The number of hydrogen-bond acceptors (Lipinski definition) is 8. The molecule has 1 amide bonds. The molecule has 0 fully saturated rings. The molecular weight excluding hydrogens is 514 g/mol. The van der Waals surface area contributed by atoms with Gasteiger partial charge in [0.25, 0.3) is 15.9 Å². The van der Waals surface area contributed by atoms with E-state index in [4.69, 9.17) is 4.74 Å². The van der Waals surface area contributed by atoms with E-state index in [2.05, 4.69) is 15.3 Å². The Hall–Kier alpha value is -3.83. The first-order valence-electron chi connectivity index (χ1n) is 11.1. The van der Waals surface area contributed by atoms with Gasteiger partial charge in [0.15, 0.2) is 6.61 Å². The zero-order chi connectivity index (χ0) is 26.8. The highest BCUT2D eigenvalue weighted by atomic mass is 32.2. The van der Waals surface area contributed by atoms with E-state index < -0.39 is 28.4 Å². The average molecular weight is 542 g/mol. The van der Waals surface area contributed by atoms with Crippen molar-refractivity contribution in [2.45, 2.75) is 16.7 Å². The van der Waals surface area contributed by atoms with Crippen LogP contribution in [0, 0.1) is 6.92 Å². The molecular formula is C26H27N3O6S2. The van der Waals surface area contributed by atoms with Crippen LogP contribution < -0.4 is 14.5 Å². The third-order valence-corrected chi connectivity index (χ3v) is 7.63. The SMILES string of the molecule is COC(=O)COc1cccc(/C=N\NC(=O)CN(c2ccc(C)cc2)S(=O)(=O)c2ccc(SC)cc2)c1. The van der Waals surface area contributed by atoms with Crippen molar-refractivity contribution in [3.63, 3.8) is 0 Å². The van der Waals surface area contributed by atoms with Gasteiger partial charge in [0.2, 0.25) is 0 Å². The molecule has 1 N–H and O–H groups in total. The van der Waals surface area contributed by atoms with Crippen LogP contribution in [0.25, 0.3) is 0 Å². The molecule has 0 bridgehead atoms. The number of aryl methyl sites for hydroxylation is 1. The molecule has 0 heterocycles. The number of rotatable bonds is 11. The summed E-state index contributed by atoms with van der Waals surface area (Å²) in [5.74, 6) is -0.719. The van der Waals surface area contributed by atoms with Crippen LogP contribution in [-0.4, -0.2) is 53.0 Å². The van der Waals surface area contributed by atoms with Crippen molar-refractivity contribution in [1.82, 2.24) is 5.43 Å². The molecule has 0 saturated heterocycles. The van der Waals surface area contributed by atoms with Gasteiger partial charge >= 0.3 is 5.97 Å². The van der Waals surface area contributed by atoms with Crippen molar-refractivity contribution in [3.05, 3.63) is 83.9 Å². The zero-order valence-corrected chi connectivity index (χ0v) is 22.2. The number of anilines is 1. The maximum Gasteiger partial charge on any atom is 0.343 e. The predicted molar refractivity (Wildman–Crippen MR) is 144 cm³/mol. The molecule has 0 aromatic heterocycles. The normalized spacial score (nSPS) is 11.2. The number of methoxy groups -OCH3 is 1. The number of nitrogens with zero attached hydrogens (tertiary/aromatic N) is 2. The van der Waals surface area contributed by atoms with Gasteiger partial charge in [-0.3, -0.25) is 9.10 Å². The molecule has 3 rings (SSSR count). The minimum absolute atomic E-state index is 0.0749. The zero-order valence-electron chi connectivity index (χ0n) is 20.6. The first-order valence-corrected chi connectivity index (χ1v) is 13.7. The van der Waals surface area contributed by atoms with Gasteiger partial charge in [0.1, 0.15) is 12.3 Å². The smallest absolute Gasteiger partial charge is 0.343 e. The van der Waals surface area contributed by atoms with Gasteiger partial charge in [0, 0.05) is 4.90 Å². The monoisotopic (exact) mass is 541 g/mol. The van der Waals surface area contributed by atoms with Gasteiger partial charge in [-0.1, -0.05) is 29.8 Å². The summed E-state index contributed by atoms with van der Waals surface area (Å²) in [5, 5.41) is 3.94. The molecule has 0 spiro atoms. The van der Waals surface area contributed by atoms with Crippen LogP contribution in [0.4, 0.5) is 5.69 Å². The largest absolute Gasteiger partial charge is 0.482 e. The second-order valence-corrected chi connectivity index (χ2v) is 10.5. The third-order valence-electron chi connectivity index (χ3n) is 5.10. The molecule has 194 valence electrons. The topological polar surface area (TPSA) is 114 Å². The lowest BCUT2D eigenvalue weighted by atomic mass is 10.2. The highest BCUT2D eigenvalue weighted by Gasteiger charge is 2.27. The molecule has 9 nitrogen and oxygen atoms in total. The van der Waals surface area contributed by atoms with E-state index in [9.17, 15) is 18.0 Å². The van der Waals surface area contributed by atoms with Crippen molar-refractivity contribution < 1.29 is 27.5 Å². The van der Waals surface area contributed by atoms with Crippen LogP contribution in [-0.2, 0) is 24.3 Å². The Morgan fingerprint density at radius 1 is 1.05 bits per heavy atom. The molecule has 0 aliphatic rings. The van der Waals surface area contributed by atoms with Crippen molar-refractivity contribution in [2.75, 3.05) is 30.8 Å². The number of benzene rings is 3. The first kappa shape index (κ1) is 27.8. The lowest BCUT2D eigenvalue weighted by Crippen LogP contribution is -2.39. The molecule has 3 aromatic carbocycles. The van der Waals surface area contributed by atoms with Crippen LogP contribution in [0.5, 0.6) is 5.75 Å². The maximum absolute atomic E-state index is 13.5. The summed E-state index contributed by atoms with van der Waals surface area (Å²) in [6, 6.07) is 20.1. The standard InChI is InChI=1S/C26H27N3O6S2/c1-19-7-9-21(10-8-19)29(37(32,33)24-13-11-23(36-3)12-14-24)17-25(30)28-27-16-20-5-4-6-22(15-20)35-18-26(31)34-2/h4-16H,17-18H2,1-3H3,(H,28,30)/b27-16-. The van der Waals surface area contributed by atoms with E-state index in [1.54, 1.807) is 60.7 Å². The summed E-state index contributed by atoms with van der Waals surface area (Å²) in [5.41, 5.74) is 4.28. The number of ether oxygens (including phenoxy) is 2. The molecule has 11 heteroatoms. The number of hydrogen-bond donors (Lipinski definition) is 1. The Morgan fingerprint density at radius 3 is 2.41 bits per heavy atom. The first-order chi connectivity index (χ1) is 17.7. The van der Waals surface area contributed by atoms with E-state index >= 15 is 0 Å². The highest BCUT2D eigenvalue weighted by Crippen LogP contribution is 2.25. The van der Waals surface area contributed by atoms with Crippen molar-refractivity contribution >= 4 is 45.6 Å². The lowest BCUT2D eigenvalue weighted by molar-refractivity contribution is -0.142. The Bertz CT molecular complexity index is 1360. The summed E-state index contributed by atoms with van der Waals surface area (Å²) in [7, 11) is -2.76. The lowest BCUT2D eigenvalue weighted by Gasteiger charge is -2.24. The van der Waals surface area contributed by atoms with Crippen LogP contribution in [0.3, 0.4) is 0 Å². The van der Waals surface area contributed by atoms with Crippen molar-refractivity contribution in [1.29, 1.82) is 0 Å². The van der Waals surface area contributed by atoms with Gasteiger partial charge in [-0.2, -0.15) is 5.10 Å². The molecule has 37 heavy (non-hydrogen) atoms. The Labute approximate surface area is 220 Å². The van der Waals surface area contributed by atoms with Gasteiger partial charge in [0.05, 0.1) is 23.9 Å². The molecule has 0 radical (unpaired) electrons. The summed E-state index contributed by atoms with van der Waals surface area (Å²) in [6.07, 6.45) is 3.29. The molecule has 3 aromatic rings. The minimum Gasteiger partial charge on any atom is -0.482 e. The second kappa shape index (κ2) is 12.9. The number of nitrogens with one attached hydrogen (secondary N) is 1. The van der Waals surface area contributed by atoms with Crippen LogP contribution >= 0.6 is 11.8 Å². The number of hydrazone groups is 1. The van der Waals surface area contributed by atoms with Crippen LogP contribution in [0.15, 0.2) is 87.7 Å². The number of carbonyl (C=O) groups excluding carboxylic acids is 2. The van der Waals surface area contributed by atoms with E-state index in [-0.39, 0.29) is 11.5 Å². The van der Waals surface area contributed by atoms with E-state index in [1.165, 1.54) is 37.2 Å². The van der Waals surface area contributed by atoms with Crippen LogP contribution in [0.2, 0.25) is 0 Å². The van der Waals surface area contributed by atoms with Gasteiger partial charge < -0.3 is 9.47 Å². The third kappa shape index (κ3) is 7.83. The fraction of sp³-hybridized carbons (Fsp3) is 0.192. The van der Waals surface area contributed by atoms with Crippen molar-refractivity contribution in [2.24, 2.45) is 5.10 Å². The van der Waals surface area contributed by atoms with E-state index in [0.717, 1.165) is 14.8 Å². The number of sulfonamides is 1. The molecule has 0 atom stereocenters. The number of thioether (sulfide) groups is 1. The Morgan fingerprint density at radius 2 is 1.76 bits per heavy atom. The number of carbonyl (C=O) groups is 2. The Kier molecular flexibility index (Phi) is 9.70. The van der Waals surface area contributed by atoms with E-state index in [0.29, 0.717) is 17.0 Å². The Balaban J connectivity index is 1.75. The number of esters is 1. The summed E-state index contributed by atoms with van der Waals surface area (Å²) in [6.45, 7) is 1.17. The number of amides is 1. The van der Waals surface area contributed by atoms with Crippen molar-refractivity contribution in [3.8, 4) is 5.75 Å². The fourth-order valence-electron chi connectivity index (χ4n) is 3.13. The van der Waals surface area contributed by atoms with Crippen LogP contribution in [0.1, 0.15) is 11.1 Å². The highest BCUT2D eigenvalue weighted by molar-refractivity contribution is 7.98. The van der Waals surface area contributed by atoms with E-state index in [1.807, 2.05) is 13.2 Å². The predicted octanol–water partition coefficient (Wildman–Crippen LogP) is 3.61. The molecule has 0 aliphatic carbocycles. The van der Waals surface area contributed by atoms with Gasteiger partial charge in [-0.15, -0.1) is 11.8 Å². The molecule has 0 aliphatic heterocycles. The quantitative estimate of drug-likeness (QED) is 0.171. The molecule has 0 saturated carbocycles. The second-order valence-electron chi connectivity index (χ2n) is 7.75. The maximum atomic E-state index is 13.5. The fourth-order valence-corrected chi connectivity index (χ4v) is 4.96. The summed E-state index contributed by atoms with van der Waals surface area (Å²) >= 11 is 1.50. The van der Waals surface area contributed by atoms with Gasteiger partial charge in [-0.25, -0.2) is 18.6 Å². The molecule has 0 unspecified atom stereocenters.